The van der Waals surface area contributed by atoms with E-state index in [9.17, 15) is 13.2 Å². The maximum Gasteiger partial charge on any atom is 0.260 e. The fourth-order valence-electron chi connectivity index (χ4n) is 4.20. The molecule has 0 atom stereocenters. The van der Waals surface area contributed by atoms with Crippen LogP contribution in [-0.2, 0) is 16.6 Å². The number of halogens is 1. The van der Waals surface area contributed by atoms with Gasteiger partial charge in [0, 0.05) is 23.7 Å². The van der Waals surface area contributed by atoms with Gasteiger partial charge in [-0.15, -0.1) is 0 Å². The largest absolute Gasteiger partial charge is 0.467 e. The number of thiazole rings is 1. The highest BCUT2D eigenvalue weighted by Crippen LogP contribution is 2.34. The van der Waals surface area contributed by atoms with Gasteiger partial charge < -0.3 is 4.42 Å². The van der Waals surface area contributed by atoms with Crippen LogP contribution in [0, 0.1) is 18.8 Å². The molecule has 0 aliphatic heterocycles. The fraction of sp³-hybridized carbons (Fsp3) is 0.357. The topological polar surface area (TPSA) is 83.7 Å². The van der Waals surface area contributed by atoms with Crippen molar-refractivity contribution in [2.24, 2.45) is 11.8 Å². The highest BCUT2D eigenvalue weighted by atomic mass is 35.5. The highest BCUT2D eigenvalue weighted by Gasteiger charge is 2.28. The zero-order valence-electron chi connectivity index (χ0n) is 22.1. The highest BCUT2D eigenvalue weighted by molar-refractivity contribution is 7.89. The molecule has 2 aromatic heterocycles. The van der Waals surface area contributed by atoms with E-state index in [0.29, 0.717) is 34.6 Å². The lowest BCUT2D eigenvalue weighted by Gasteiger charge is -2.25. The van der Waals surface area contributed by atoms with Gasteiger partial charge in [-0.3, -0.25) is 9.69 Å². The second-order valence-corrected chi connectivity index (χ2v) is 13.6. The number of carbonyl (C=O) groups excluding carboxylic acids is 1. The zero-order chi connectivity index (χ0) is 27.6. The molecule has 0 aliphatic rings. The molecule has 0 radical (unpaired) electrons. The standard InChI is InChI=1S/C28H32ClN3O4S2/c1-18(2)15-31(16-19(3)4)38(34,35)24-10-8-21(9-11-24)27(33)32(17-23-7-6-12-36-23)28-30-26-20(5)13-22(29)14-25(26)37-28/h6-14,18-19H,15-17H2,1-5H3. The molecule has 0 fully saturated rings. The van der Waals surface area contributed by atoms with Crippen molar-refractivity contribution in [2.75, 3.05) is 18.0 Å². The second-order valence-electron chi connectivity index (χ2n) is 10.2. The van der Waals surface area contributed by atoms with Gasteiger partial charge in [0.25, 0.3) is 5.91 Å². The first-order chi connectivity index (χ1) is 18.0. The Morgan fingerprint density at radius 3 is 2.29 bits per heavy atom. The minimum Gasteiger partial charge on any atom is -0.467 e. The van der Waals surface area contributed by atoms with Crippen molar-refractivity contribution >= 4 is 54.2 Å². The van der Waals surface area contributed by atoms with Gasteiger partial charge in [0.15, 0.2) is 5.13 Å². The van der Waals surface area contributed by atoms with Gasteiger partial charge in [-0.25, -0.2) is 13.4 Å². The van der Waals surface area contributed by atoms with Gasteiger partial charge in [-0.1, -0.05) is 50.6 Å². The van der Waals surface area contributed by atoms with Gasteiger partial charge in [-0.05, 0) is 72.9 Å². The molecule has 202 valence electrons. The summed E-state index contributed by atoms with van der Waals surface area (Å²) in [7, 11) is -3.70. The van der Waals surface area contributed by atoms with Crippen LogP contribution >= 0.6 is 22.9 Å². The Bertz CT molecular complexity index is 1500. The summed E-state index contributed by atoms with van der Waals surface area (Å²) in [5.41, 5.74) is 2.05. The van der Waals surface area contributed by atoms with Crippen molar-refractivity contribution < 1.29 is 17.6 Å². The number of hydrogen-bond acceptors (Lipinski definition) is 6. The number of fused-ring (bicyclic) bond motifs is 1. The van der Waals surface area contributed by atoms with E-state index in [1.807, 2.05) is 46.8 Å². The molecule has 0 unspecified atom stereocenters. The maximum absolute atomic E-state index is 13.8. The van der Waals surface area contributed by atoms with E-state index in [-0.39, 0.29) is 29.2 Å². The van der Waals surface area contributed by atoms with Crippen molar-refractivity contribution in [2.45, 2.75) is 46.1 Å². The first kappa shape index (κ1) is 28.3. The fourth-order valence-corrected chi connectivity index (χ4v) is 7.39. The third kappa shape index (κ3) is 6.29. The van der Waals surface area contributed by atoms with Gasteiger partial charge in [0.2, 0.25) is 10.0 Å². The monoisotopic (exact) mass is 573 g/mol. The van der Waals surface area contributed by atoms with Crippen LogP contribution in [0.2, 0.25) is 5.02 Å². The Morgan fingerprint density at radius 2 is 1.71 bits per heavy atom. The van der Waals surface area contributed by atoms with Gasteiger partial charge in [0.05, 0.1) is 27.9 Å². The Balaban J connectivity index is 1.68. The van der Waals surface area contributed by atoms with Crippen molar-refractivity contribution in [1.29, 1.82) is 0 Å². The average molecular weight is 574 g/mol. The molecule has 0 bridgehead atoms. The van der Waals surface area contributed by atoms with Crippen molar-refractivity contribution in [1.82, 2.24) is 9.29 Å². The summed E-state index contributed by atoms with van der Waals surface area (Å²) >= 11 is 7.61. The summed E-state index contributed by atoms with van der Waals surface area (Å²) in [6.45, 7) is 10.9. The summed E-state index contributed by atoms with van der Waals surface area (Å²) < 4.78 is 34.7. The number of hydrogen-bond donors (Lipinski definition) is 0. The third-order valence-corrected chi connectivity index (χ3v) is 8.98. The predicted octanol–water partition coefficient (Wildman–Crippen LogP) is 7.00. The maximum atomic E-state index is 13.8. The molecule has 2 aromatic carbocycles. The number of benzene rings is 2. The van der Waals surface area contributed by atoms with Crippen LogP contribution < -0.4 is 4.90 Å². The van der Waals surface area contributed by atoms with Gasteiger partial charge >= 0.3 is 0 Å². The van der Waals surface area contributed by atoms with E-state index in [1.54, 1.807) is 35.4 Å². The lowest BCUT2D eigenvalue weighted by Crippen LogP contribution is -2.37. The molecule has 4 rings (SSSR count). The van der Waals surface area contributed by atoms with Crippen LogP contribution in [0.15, 0.2) is 64.1 Å². The SMILES string of the molecule is Cc1cc(Cl)cc2sc(N(Cc3ccco3)C(=O)c3ccc(S(=O)(=O)N(CC(C)C)CC(C)C)cc3)nc12. The lowest BCUT2D eigenvalue weighted by molar-refractivity contribution is 0.0983. The average Bonchev–Trinajstić information content (AvgIpc) is 3.51. The Hall–Kier alpha value is -2.72. The Labute approximate surface area is 233 Å². The number of rotatable bonds is 10. The molecule has 0 aliphatic carbocycles. The van der Waals surface area contributed by atoms with Crippen molar-refractivity contribution in [3.63, 3.8) is 0 Å². The van der Waals surface area contributed by atoms with Crippen LogP contribution in [0.1, 0.15) is 49.4 Å². The predicted molar refractivity (Wildman–Crippen MR) is 153 cm³/mol. The minimum atomic E-state index is -3.70. The smallest absolute Gasteiger partial charge is 0.260 e. The summed E-state index contributed by atoms with van der Waals surface area (Å²) in [5, 5.41) is 1.11. The number of amides is 1. The first-order valence-electron chi connectivity index (χ1n) is 12.5. The molecule has 0 saturated carbocycles. The number of aromatic nitrogens is 1. The minimum absolute atomic E-state index is 0.165. The Kier molecular flexibility index (Phi) is 8.62. The molecule has 0 spiro atoms. The molecular weight excluding hydrogens is 542 g/mol. The van der Waals surface area contributed by atoms with E-state index in [4.69, 9.17) is 21.0 Å². The quantitative estimate of drug-likeness (QED) is 0.204. The number of aryl methyl sites for hydroxylation is 1. The molecule has 4 aromatic rings. The number of anilines is 1. The zero-order valence-corrected chi connectivity index (χ0v) is 24.5. The molecule has 0 N–H and O–H groups in total. The molecule has 0 saturated heterocycles. The van der Waals surface area contributed by atoms with Gasteiger partial charge in [0.1, 0.15) is 5.76 Å². The first-order valence-corrected chi connectivity index (χ1v) is 15.1. The molecular formula is C28H32ClN3O4S2. The van der Waals surface area contributed by atoms with E-state index in [2.05, 4.69) is 0 Å². The third-order valence-electron chi connectivity index (χ3n) is 5.89. The Morgan fingerprint density at radius 1 is 1.05 bits per heavy atom. The van der Waals surface area contributed by atoms with Crippen LogP contribution in [0.25, 0.3) is 10.2 Å². The van der Waals surface area contributed by atoms with Crippen LogP contribution in [0.5, 0.6) is 0 Å². The van der Waals surface area contributed by atoms with Gasteiger partial charge in [-0.2, -0.15) is 4.31 Å². The van der Waals surface area contributed by atoms with Crippen molar-refractivity contribution in [3.8, 4) is 0 Å². The molecule has 2 heterocycles. The summed E-state index contributed by atoms with van der Waals surface area (Å²) in [5.74, 6) is 0.665. The number of sulfonamides is 1. The normalized spacial score (nSPS) is 12.2. The molecule has 7 nitrogen and oxygen atoms in total. The summed E-state index contributed by atoms with van der Waals surface area (Å²) in [6, 6.07) is 13.4. The van der Waals surface area contributed by atoms with Crippen LogP contribution in [0.4, 0.5) is 5.13 Å². The lowest BCUT2D eigenvalue weighted by atomic mass is 10.2. The van der Waals surface area contributed by atoms with Crippen LogP contribution in [-0.4, -0.2) is 36.7 Å². The van der Waals surface area contributed by atoms with Crippen molar-refractivity contribution in [3.05, 3.63) is 76.7 Å². The molecule has 10 heteroatoms. The molecule has 38 heavy (non-hydrogen) atoms. The van der Waals surface area contributed by atoms with Crippen LogP contribution in [0.3, 0.4) is 0 Å². The van der Waals surface area contributed by atoms with E-state index >= 15 is 0 Å². The summed E-state index contributed by atoms with van der Waals surface area (Å²) in [4.78, 5) is 20.2. The number of furan rings is 1. The van der Waals surface area contributed by atoms with E-state index in [0.717, 1.165) is 15.8 Å². The summed E-state index contributed by atoms with van der Waals surface area (Å²) in [6.07, 6.45) is 1.56. The second kappa shape index (κ2) is 11.6. The van der Waals surface area contributed by atoms with E-state index in [1.165, 1.54) is 27.8 Å². The van der Waals surface area contributed by atoms with E-state index < -0.39 is 10.0 Å². The number of carbonyl (C=O) groups is 1. The number of nitrogens with zero attached hydrogens (tertiary/aromatic N) is 3. The molecule has 1 amide bonds.